The number of oxime groups is 1. The molecule has 0 radical (unpaired) electrons. The molecule has 29 heavy (non-hydrogen) atoms. The Labute approximate surface area is 178 Å². The summed E-state index contributed by atoms with van der Waals surface area (Å²) in [5, 5.41) is 4.95. The van der Waals surface area contributed by atoms with E-state index in [1.54, 1.807) is 0 Å². The van der Waals surface area contributed by atoms with E-state index in [0.717, 1.165) is 16.8 Å². The number of carbonyl (C=O) groups excluding carboxylic acids is 1. The number of aryl methyl sites for hydroxylation is 1. The van der Waals surface area contributed by atoms with Crippen molar-refractivity contribution in [1.29, 1.82) is 0 Å². The molecular weight excluding hydrogens is 384 g/mol. The predicted octanol–water partition coefficient (Wildman–Crippen LogP) is 5.61. The van der Waals surface area contributed by atoms with Crippen molar-refractivity contribution < 1.29 is 9.63 Å². The maximum Gasteiger partial charge on any atom is 0.223 e. The Morgan fingerprint density at radius 1 is 1.17 bits per heavy atom. The van der Waals surface area contributed by atoms with Crippen LogP contribution in [0.2, 0.25) is 5.02 Å². The summed E-state index contributed by atoms with van der Waals surface area (Å²) in [6.45, 7) is 9.23. The first-order valence-electron chi connectivity index (χ1n) is 10.0. The fraction of sp³-hybridized carbons (Fsp3) is 0.417. The van der Waals surface area contributed by atoms with Gasteiger partial charge in [0.25, 0.3) is 0 Å². The molecule has 154 valence electrons. The molecule has 0 aromatic heterocycles. The van der Waals surface area contributed by atoms with Gasteiger partial charge in [0.15, 0.2) is 6.10 Å². The van der Waals surface area contributed by atoms with E-state index >= 15 is 0 Å². The van der Waals surface area contributed by atoms with Crippen molar-refractivity contribution in [1.82, 2.24) is 4.90 Å². The molecule has 0 saturated carbocycles. The van der Waals surface area contributed by atoms with Crippen LogP contribution < -0.4 is 0 Å². The molecule has 5 heteroatoms. The average molecular weight is 413 g/mol. The zero-order valence-electron chi connectivity index (χ0n) is 17.6. The lowest BCUT2D eigenvalue weighted by atomic mass is 9.91. The lowest BCUT2D eigenvalue weighted by molar-refractivity contribution is -0.135. The standard InChI is InChI=1S/C24H29ClN2O2/c1-17-9-11-18(12-10-17)22-13-20(29-26-22)16-27(23(28)14-24(2,3)4)15-19-7-5-6-8-21(19)25/h5-12,20H,13-16H2,1-4H3. The summed E-state index contributed by atoms with van der Waals surface area (Å²) < 4.78 is 0. The van der Waals surface area contributed by atoms with Crippen LogP contribution in [0.1, 0.15) is 50.3 Å². The second-order valence-corrected chi connectivity index (χ2v) is 9.35. The molecule has 0 spiro atoms. The molecule has 3 rings (SSSR count). The quantitative estimate of drug-likeness (QED) is 0.619. The van der Waals surface area contributed by atoms with E-state index in [4.69, 9.17) is 16.4 Å². The average Bonchev–Trinajstić information content (AvgIpc) is 3.10. The van der Waals surface area contributed by atoms with Gasteiger partial charge >= 0.3 is 0 Å². The molecule has 1 unspecified atom stereocenters. The second-order valence-electron chi connectivity index (χ2n) is 8.94. The molecule has 1 atom stereocenters. The van der Waals surface area contributed by atoms with Crippen LogP contribution in [0.15, 0.2) is 53.7 Å². The number of hydrogen-bond acceptors (Lipinski definition) is 3. The molecule has 0 bridgehead atoms. The number of amides is 1. The summed E-state index contributed by atoms with van der Waals surface area (Å²) in [5.41, 5.74) is 4.06. The van der Waals surface area contributed by atoms with Crippen LogP contribution in [0.4, 0.5) is 0 Å². The summed E-state index contributed by atoms with van der Waals surface area (Å²) in [6.07, 6.45) is 0.999. The lowest BCUT2D eigenvalue weighted by Crippen LogP contribution is -2.38. The van der Waals surface area contributed by atoms with Gasteiger partial charge < -0.3 is 9.74 Å². The molecule has 2 aromatic rings. The Bertz CT molecular complexity index is 884. The minimum absolute atomic E-state index is 0.0874. The molecule has 1 heterocycles. The fourth-order valence-corrected chi connectivity index (χ4v) is 3.54. The fourth-order valence-electron chi connectivity index (χ4n) is 3.34. The van der Waals surface area contributed by atoms with Crippen molar-refractivity contribution in [2.45, 2.75) is 53.2 Å². The van der Waals surface area contributed by atoms with Gasteiger partial charge in [0.05, 0.1) is 12.3 Å². The van der Waals surface area contributed by atoms with Crippen LogP contribution in [-0.4, -0.2) is 29.2 Å². The zero-order chi connectivity index (χ0) is 21.0. The van der Waals surface area contributed by atoms with Crippen LogP contribution >= 0.6 is 11.6 Å². The molecule has 2 aromatic carbocycles. The topological polar surface area (TPSA) is 41.9 Å². The van der Waals surface area contributed by atoms with E-state index in [1.807, 2.05) is 29.2 Å². The highest BCUT2D eigenvalue weighted by Crippen LogP contribution is 2.25. The van der Waals surface area contributed by atoms with Gasteiger partial charge in [0.2, 0.25) is 5.91 Å². The predicted molar refractivity (Wildman–Crippen MR) is 118 cm³/mol. The second kappa shape index (κ2) is 9.00. The zero-order valence-corrected chi connectivity index (χ0v) is 18.4. The summed E-state index contributed by atoms with van der Waals surface area (Å²) >= 11 is 6.35. The Hall–Kier alpha value is -2.33. The van der Waals surface area contributed by atoms with Crippen LogP contribution in [0, 0.1) is 12.3 Å². The maximum absolute atomic E-state index is 13.0. The number of benzene rings is 2. The molecule has 1 aliphatic heterocycles. The van der Waals surface area contributed by atoms with Crippen LogP contribution in [0.5, 0.6) is 0 Å². The molecule has 0 saturated heterocycles. The van der Waals surface area contributed by atoms with Crippen molar-refractivity contribution >= 4 is 23.2 Å². The van der Waals surface area contributed by atoms with E-state index in [9.17, 15) is 4.79 Å². The van der Waals surface area contributed by atoms with Crippen molar-refractivity contribution in [3.8, 4) is 0 Å². The van der Waals surface area contributed by atoms with Gasteiger partial charge in [-0.15, -0.1) is 0 Å². The summed E-state index contributed by atoms with van der Waals surface area (Å²) in [5.74, 6) is 0.102. The molecule has 4 nitrogen and oxygen atoms in total. The Morgan fingerprint density at radius 3 is 2.52 bits per heavy atom. The maximum atomic E-state index is 13.0. The largest absolute Gasteiger partial charge is 0.390 e. The SMILES string of the molecule is Cc1ccc(C2=NOC(CN(Cc3ccccc3Cl)C(=O)CC(C)(C)C)C2)cc1. The van der Waals surface area contributed by atoms with Crippen molar-refractivity contribution in [2.24, 2.45) is 10.6 Å². The smallest absolute Gasteiger partial charge is 0.223 e. The minimum Gasteiger partial charge on any atom is -0.390 e. The minimum atomic E-state index is -0.155. The highest BCUT2D eigenvalue weighted by molar-refractivity contribution is 6.31. The van der Waals surface area contributed by atoms with Gasteiger partial charge in [0.1, 0.15) is 0 Å². The third-order valence-corrected chi connectivity index (χ3v) is 5.26. The van der Waals surface area contributed by atoms with Crippen LogP contribution in [-0.2, 0) is 16.2 Å². The van der Waals surface area contributed by atoms with Gasteiger partial charge in [-0.1, -0.05) is 85.6 Å². The van der Waals surface area contributed by atoms with E-state index in [0.29, 0.717) is 31.0 Å². The van der Waals surface area contributed by atoms with E-state index in [-0.39, 0.29) is 17.4 Å². The van der Waals surface area contributed by atoms with E-state index < -0.39 is 0 Å². The molecule has 0 aliphatic carbocycles. The van der Waals surface area contributed by atoms with Crippen molar-refractivity contribution in [3.05, 3.63) is 70.2 Å². The summed E-state index contributed by atoms with van der Waals surface area (Å²) in [4.78, 5) is 20.6. The van der Waals surface area contributed by atoms with Gasteiger partial charge in [-0.3, -0.25) is 4.79 Å². The van der Waals surface area contributed by atoms with Crippen molar-refractivity contribution in [3.63, 3.8) is 0 Å². The Kier molecular flexibility index (Phi) is 6.63. The van der Waals surface area contributed by atoms with Gasteiger partial charge in [-0.25, -0.2) is 0 Å². The highest BCUT2D eigenvalue weighted by atomic mass is 35.5. The number of halogens is 1. The molecule has 0 N–H and O–H groups in total. The van der Waals surface area contributed by atoms with E-state index in [2.05, 4.69) is 57.1 Å². The molecular formula is C24H29ClN2O2. The summed E-state index contributed by atoms with van der Waals surface area (Å²) in [6, 6.07) is 15.9. The third-order valence-electron chi connectivity index (χ3n) is 4.90. The number of rotatable bonds is 6. The summed E-state index contributed by atoms with van der Waals surface area (Å²) in [7, 11) is 0. The molecule has 0 fully saturated rings. The number of carbonyl (C=O) groups is 1. The third kappa shape index (κ3) is 6.07. The normalized spacial score (nSPS) is 16.3. The highest BCUT2D eigenvalue weighted by Gasteiger charge is 2.29. The first-order chi connectivity index (χ1) is 13.7. The first kappa shape index (κ1) is 21.4. The molecule has 1 aliphatic rings. The Morgan fingerprint density at radius 2 is 1.86 bits per heavy atom. The van der Waals surface area contributed by atoms with Crippen LogP contribution in [0.25, 0.3) is 0 Å². The van der Waals surface area contributed by atoms with Gasteiger partial charge in [0, 0.05) is 24.4 Å². The van der Waals surface area contributed by atoms with E-state index in [1.165, 1.54) is 5.56 Å². The van der Waals surface area contributed by atoms with Crippen molar-refractivity contribution in [2.75, 3.05) is 6.54 Å². The van der Waals surface area contributed by atoms with Gasteiger partial charge in [-0.05, 0) is 29.5 Å². The van der Waals surface area contributed by atoms with Gasteiger partial charge in [-0.2, -0.15) is 0 Å². The lowest BCUT2D eigenvalue weighted by Gasteiger charge is -2.28. The molecule has 1 amide bonds. The van der Waals surface area contributed by atoms with Crippen LogP contribution in [0.3, 0.4) is 0 Å². The monoisotopic (exact) mass is 412 g/mol. The number of hydrogen-bond donors (Lipinski definition) is 0. The number of nitrogens with zero attached hydrogens (tertiary/aromatic N) is 2. The first-order valence-corrected chi connectivity index (χ1v) is 10.4. The Balaban J connectivity index is 1.71.